The van der Waals surface area contributed by atoms with Crippen molar-refractivity contribution in [1.29, 1.82) is 0 Å². The number of urea groups is 1. The van der Waals surface area contributed by atoms with Gasteiger partial charge in [0, 0.05) is 7.11 Å². The highest BCUT2D eigenvalue weighted by molar-refractivity contribution is 5.76. The van der Waals surface area contributed by atoms with Crippen molar-refractivity contribution in [3.05, 3.63) is 0 Å². The molecule has 1 atom stereocenters. The van der Waals surface area contributed by atoms with E-state index < -0.39 is 24.2 Å². The summed E-state index contributed by atoms with van der Waals surface area (Å²) in [6, 6.07) is -0.596. The third-order valence-corrected chi connectivity index (χ3v) is 1.64. The molecule has 0 aromatic carbocycles. The first-order chi connectivity index (χ1) is 7.97. The van der Waals surface area contributed by atoms with Crippen molar-refractivity contribution in [1.82, 2.24) is 10.6 Å². The van der Waals surface area contributed by atoms with Gasteiger partial charge in [0.15, 0.2) is 6.10 Å². The fourth-order valence-corrected chi connectivity index (χ4v) is 0.836. The van der Waals surface area contributed by atoms with Gasteiger partial charge in [-0.2, -0.15) is 0 Å². The van der Waals surface area contributed by atoms with Crippen LogP contribution < -0.4 is 16.4 Å². The molecular formula is C8H15N3O6. The molecule has 9 heteroatoms. The fraction of sp³-hybridized carbons (Fsp3) is 0.625. The summed E-state index contributed by atoms with van der Waals surface area (Å²) in [7, 11) is 1.22. The first kappa shape index (κ1) is 15.0. The number of rotatable bonds is 7. The van der Waals surface area contributed by atoms with Crippen LogP contribution in [0.25, 0.3) is 0 Å². The van der Waals surface area contributed by atoms with Crippen LogP contribution in [0.15, 0.2) is 0 Å². The predicted molar refractivity (Wildman–Crippen MR) is 55.4 cm³/mol. The second kappa shape index (κ2) is 8.16. The zero-order chi connectivity index (χ0) is 13.3. The third-order valence-electron chi connectivity index (χ3n) is 1.64. The largest absolute Gasteiger partial charge is 0.479 e. The molecule has 0 spiro atoms. The molecule has 0 aromatic heterocycles. The molecule has 98 valence electrons. The SMILES string of the molecule is COC(CNC(=O)NCCOC(N)=O)C(=O)O. The number of nitrogens with two attached hydrogens (primary N) is 1. The quantitative estimate of drug-likeness (QED) is 0.404. The Hall–Kier alpha value is -2.03. The Labute approximate surface area is 97.2 Å². The van der Waals surface area contributed by atoms with Gasteiger partial charge in [0.05, 0.1) is 13.1 Å². The van der Waals surface area contributed by atoms with E-state index in [4.69, 9.17) is 5.11 Å². The average Bonchev–Trinajstić information content (AvgIpc) is 2.24. The molecule has 0 radical (unpaired) electrons. The molecule has 0 aromatic rings. The van der Waals surface area contributed by atoms with Gasteiger partial charge >= 0.3 is 18.1 Å². The number of methoxy groups -OCH3 is 1. The Morgan fingerprint density at radius 2 is 2.00 bits per heavy atom. The van der Waals surface area contributed by atoms with Crippen molar-refractivity contribution < 1.29 is 29.0 Å². The highest BCUT2D eigenvalue weighted by atomic mass is 16.5. The van der Waals surface area contributed by atoms with Crippen molar-refractivity contribution >= 4 is 18.1 Å². The molecule has 0 saturated carbocycles. The van der Waals surface area contributed by atoms with Gasteiger partial charge in [0.25, 0.3) is 0 Å². The van der Waals surface area contributed by atoms with E-state index in [9.17, 15) is 14.4 Å². The maximum absolute atomic E-state index is 11.1. The monoisotopic (exact) mass is 249 g/mol. The average molecular weight is 249 g/mol. The van der Waals surface area contributed by atoms with Crippen molar-refractivity contribution in [3.8, 4) is 0 Å². The highest BCUT2D eigenvalue weighted by Crippen LogP contribution is 1.87. The van der Waals surface area contributed by atoms with Gasteiger partial charge in [-0.25, -0.2) is 14.4 Å². The van der Waals surface area contributed by atoms with E-state index in [0.29, 0.717) is 0 Å². The number of carbonyl (C=O) groups excluding carboxylic acids is 2. The van der Waals surface area contributed by atoms with Gasteiger partial charge < -0.3 is 30.9 Å². The Bertz CT molecular complexity index is 282. The van der Waals surface area contributed by atoms with Crippen molar-refractivity contribution in [2.24, 2.45) is 5.73 Å². The van der Waals surface area contributed by atoms with Crippen molar-refractivity contribution in [3.63, 3.8) is 0 Å². The molecule has 9 nitrogen and oxygen atoms in total. The first-order valence-corrected chi connectivity index (χ1v) is 4.67. The fourth-order valence-electron chi connectivity index (χ4n) is 0.836. The van der Waals surface area contributed by atoms with Crippen molar-refractivity contribution in [2.75, 3.05) is 26.8 Å². The minimum absolute atomic E-state index is 0.0601. The molecule has 0 rings (SSSR count). The second-order valence-corrected chi connectivity index (χ2v) is 2.87. The number of carboxylic acid groups (broad SMARTS) is 1. The van der Waals surface area contributed by atoms with Crippen LogP contribution in [0.3, 0.4) is 0 Å². The maximum Gasteiger partial charge on any atom is 0.404 e. The summed E-state index contributed by atoms with van der Waals surface area (Å²) in [4.78, 5) is 31.8. The van der Waals surface area contributed by atoms with Gasteiger partial charge in [-0.3, -0.25) is 0 Å². The Morgan fingerprint density at radius 3 is 2.47 bits per heavy atom. The van der Waals surface area contributed by atoms with Gasteiger partial charge in [-0.15, -0.1) is 0 Å². The summed E-state index contributed by atoms with van der Waals surface area (Å²) in [5.74, 6) is -1.18. The molecular weight excluding hydrogens is 234 g/mol. The van der Waals surface area contributed by atoms with E-state index in [1.807, 2.05) is 0 Å². The van der Waals surface area contributed by atoms with Crippen LogP contribution in [0.5, 0.6) is 0 Å². The van der Waals surface area contributed by atoms with Gasteiger partial charge in [0.2, 0.25) is 0 Å². The van der Waals surface area contributed by atoms with Crippen LogP contribution in [0.4, 0.5) is 9.59 Å². The van der Waals surface area contributed by atoms with Gasteiger partial charge in [-0.05, 0) is 0 Å². The van der Waals surface area contributed by atoms with E-state index >= 15 is 0 Å². The zero-order valence-corrected chi connectivity index (χ0v) is 9.26. The number of hydrogen-bond acceptors (Lipinski definition) is 5. The predicted octanol–water partition coefficient (Wildman–Crippen LogP) is -1.52. The minimum atomic E-state index is -1.18. The number of amides is 3. The lowest BCUT2D eigenvalue weighted by Gasteiger charge is -2.12. The molecule has 0 aliphatic rings. The standard InChI is InChI=1S/C8H15N3O6/c1-16-5(6(12)13)4-11-8(15)10-2-3-17-7(9)14/h5H,2-4H2,1H3,(H2,9,14)(H,12,13)(H2,10,11,15). The molecule has 0 heterocycles. The molecule has 5 N–H and O–H groups in total. The van der Waals surface area contributed by atoms with E-state index in [-0.39, 0.29) is 19.7 Å². The summed E-state index contributed by atoms with van der Waals surface area (Å²) in [5.41, 5.74) is 4.69. The smallest absolute Gasteiger partial charge is 0.404 e. The van der Waals surface area contributed by atoms with Crippen molar-refractivity contribution in [2.45, 2.75) is 6.10 Å². The molecule has 0 bridgehead atoms. The molecule has 0 saturated heterocycles. The molecule has 17 heavy (non-hydrogen) atoms. The summed E-state index contributed by atoms with van der Waals surface area (Å²) in [6.45, 7) is -0.163. The Morgan fingerprint density at radius 1 is 1.35 bits per heavy atom. The summed E-state index contributed by atoms with van der Waals surface area (Å²) in [5, 5.41) is 13.2. The van der Waals surface area contributed by atoms with Crippen LogP contribution in [0.2, 0.25) is 0 Å². The van der Waals surface area contributed by atoms with E-state index in [1.165, 1.54) is 7.11 Å². The molecule has 0 fully saturated rings. The Kier molecular flexibility index (Phi) is 7.19. The van der Waals surface area contributed by atoms with Crippen LogP contribution in [0.1, 0.15) is 0 Å². The number of carbonyl (C=O) groups is 3. The van der Waals surface area contributed by atoms with Gasteiger partial charge in [0.1, 0.15) is 6.61 Å². The maximum atomic E-state index is 11.1. The lowest BCUT2D eigenvalue weighted by molar-refractivity contribution is -0.147. The number of ether oxygens (including phenoxy) is 2. The minimum Gasteiger partial charge on any atom is -0.479 e. The van der Waals surface area contributed by atoms with Crippen LogP contribution >= 0.6 is 0 Å². The number of hydrogen-bond donors (Lipinski definition) is 4. The summed E-state index contributed by atoms with van der Waals surface area (Å²) < 4.78 is 8.95. The lowest BCUT2D eigenvalue weighted by atomic mass is 10.3. The van der Waals surface area contributed by atoms with Crippen LogP contribution in [-0.2, 0) is 14.3 Å². The highest BCUT2D eigenvalue weighted by Gasteiger charge is 2.16. The number of aliphatic carboxylic acids is 1. The first-order valence-electron chi connectivity index (χ1n) is 4.67. The molecule has 0 aliphatic carbocycles. The summed E-state index contributed by atoms with van der Waals surface area (Å²) in [6.07, 6.45) is -2.04. The third kappa shape index (κ3) is 7.85. The topological polar surface area (TPSA) is 140 Å². The van der Waals surface area contributed by atoms with E-state index in [2.05, 4.69) is 25.8 Å². The zero-order valence-electron chi connectivity index (χ0n) is 9.26. The lowest BCUT2D eigenvalue weighted by Crippen LogP contribution is -2.43. The van der Waals surface area contributed by atoms with E-state index in [0.717, 1.165) is 0 Å². The second-order valence-electron chi connectivity index (χ2n) is 2.87. The van der Waals surface area contributed by atoms with E-state index in [1.54, 1.807) is 0 Å². The van der Waals surface area contributed by atoms with Crippen LogP contribution in [-0.4, -0.2) is 56.1 Å². The number of primary amides is 1. The normalized spacial score (nSPS) is 11.4. The van der Waals surface area contributed by atoms with Gasteiger partial charge in [-0.1, -0.05) is 0 Å². The Balaban J connectivity index is 3.65. The molecule has 0 aliphatic heterocycles. The van der Waals surface area contributed by atoms with Crippen LogP contribution in [0, 0.1) is 0 Å². The molecule has 1 unspecified atom stereocenters. The number of nitrogens with one attached hydrogen (secondary N) is 2. The number of carboxylic acids is 1. The molecule has 3 amide bonds. The summed E-state index contributed by atoms with van der Waals surface area (Å²) >= 11 is 0.